The summed E-state index contributed by atoms with van der Waals surface area (Å²) in [5.74, 6) is 1.39. The Morgan fingerprint density at radius 2 is 1.86 bits per heavy atom. The molecule has 0 radical (unpaired) electrons. The number of hydrogen-bond donors (Lipinski definition) is 1. The van der Waals surface area contributed by atoms with Gasteiger partial charge in [-0.3, -0.25) is 0 Å². The maximum atomic E-state index is 4.74. The molecule has 0 aliphatic carbocycles. The highest BCUT2D eigenvalue weighted by molar-refractivity contribution is 6.09. The van der Waals surface area contributed by atoms with Crippen LogP contribution in [-0.4, -0.2) is 17.7 Å². The molecule has 0 atom stereocenters. The smallest absolute Gasteiger partial charge is 0.125 e. The van der Waals surface area contributed by atoms with Crippen LogP contribution >= 0.6 is 0 Å². The number of benzene rings is 1. The van der Waals surface area contributed by atoms with E-state index >= 15 is 0 Å². The Bertz CT molecular complexity index is 650. The van der Waals surface area contributed by atoms with E-state index in [2.05, 4.69) is 48.4 Å². The van der Waals surface area contributed by atoms with E-state index in [4.69, 9.17) is 4.99 Å². The molecule has 1 N–H and O–H groups in total. The summed E-state index contributed by atoms with van der Waals surface area (Å²) in [5.41, 5.74) is 4.20. The number of anilines is 1. The summed E-state index contributed by atoms with van der Waals surface area (Å²) >= 11 is 0. The molecule has 3 nitrogen and oxygen atoms in total. The Kier molecular flexibility index (Phi) is 5.48. The lowest BCUT2D eigenvalue weighted by molar-refractivity contribution is 0.867. The Hall–Kier alpha value is -2.42. The summed E-state index contributed by atoms with van der Waals surface area (Å²) in [4.78, 5) is 9.10. The van der Waals surface area contributed by atoms with Gasteiger partial charge in [0, 0.05) is 18.8 Å². The predicted octanol–water partition coefficient (Wildman–Crippen LogP) is 4.94. The third-order valence-corrected chi connectivity index (χ3v) is 3.45. The van der Waals surface area contributed by atoms with Crippen LogP contribution in [0.5, 0.6) is 0 Å². The van der Waals surface area contributed by atoms with Gasteiger partial charge in [-0.2, -0.15) is 0 Å². The normalized spacial score (nSPS) is 12.1. The van der Waals surface area contributed by atoms with E-state index in [0.717, 1.165) is 22.8 Å². The van der Waals surface area contributed by atoms with Gasteiger partial charge in [0.15, 0.2) is 0 Å². The molecule has 0 fully saturated rings. The molecule has 0 amide bonds. The van der Waals surface area contributed by atoms with Crippen LogP contribution in [0.3, 0.4) is 0 Å². The van der Waals surface area contributed by atoms with Gasteiger partial charge in [-0.05, 0) is 48.7 Å². The fourth-order valence-corrected chi connectivity index (χ4v) is 2.12. The van der Waals surface area contributed by atoms with Crippen LogP contribution < -0.4 is 5.32 Å². The molecule has 22 heavy (non-hydrogen) atoms. The quantitative estimate of drug-likeness (QED) is 0.792. The third kappa shape index (κ3) is 4.04. The van der Waals surface area contributed by atoms with E-state index in [1.54, 1.807) is 0 Å². The molecule has 2 rings (SSSR count). The van der Waals surface area contributed by atoms with Gasteiger partial charge in [-0.15, -0.1) is 0 Å². The first kappa shape index (κ1) is 16.0. The summed E-state index contributed by atoms with van der Waals surface area (Å²) in [7, 11) is 1.86. The van der Waals surface area contributed by atoms with Crippen molar-refractivity contribution in [3.8, 4) is 0 Å². The topological polar surface area (TPSA) is 37.3 Å². The van der Waals surface area contributed by atoms with Gasteiger partial charge in [0.1, 0.15) is 5.82 Å². The zero-order valence-corrected chi connectivity index (χ0v) is 13.7. The minimum Gasteiger partial charge on any atom is -0.373 e. The summed E-state index contributed by atoms with van der Waals surface area (Å²) in [5, 5.41) is 3.02. The van der Waals surface area contributed by atoms with E-state index in [1.807, 2.05) is 44.5 Å². The average molecular weight is 293 g/mol. The highest BCUT2D eigenvalue weighted by Gasteiger charge is 2.03. The van der Waals surface area contributed by atoms with E-state index < -0.39 is 0 Å². The zero-order valence-electron chi connectivity index (χ0n) is 13.7. The molecule has 0 unspecified atom stereocenters. The highest BCUT2D eigenvalue weighted by Crippen LogP contribution is 2.20. The Morgan fingerprint density at radius 1 is 1.14 bits per heavy atom. The maximum Gasteiger partial charge on any atom is 0.125 e. The second-order valence-electron chi connectivity index (χ2n) is 5.43. The van der Waals surface area contributed by atoms with Gasteiger partial charge in [0.25, 0.3) is 0 Å². The van der Waals surface area contributed by atoms with Crippen molar-refractivity contribution in [2.24, 2.45) is 4.99 Å². The van der Waals surface area contributed by atoms with Gasteiger partial charge < -0.3 is 5.32 Å². The molecule has 0 aliphatic rings. The number of nitrogens with zero attached hydrogens (tertiary/aromatic N) is 2. The van der Waals surface area contributed by atoms with E-state index in [0.29, 0.717) is 5.92 Å². The lowest BCUT2D eigenvalue weighted by Crippen LogP contribution is -1.99. The van der Waals surface area contributed by atoms with E-state index in [1.165, 1.54) is 5.56 Å². The molecule has 1 aromatic carbocycles. The number of pyridine rings is 1. The molecule has 0 aliphatic heterocycles. The Morgan fingerprint density at radius 3 is 2.36 bits per heavy atom. The van der Waals surface area contributed by atoms with Crippen LogP contribution in [0.1, 0.15) is 37.8 Å². The molecular weight excluding hydrogens is 270 g/mol. The molecular formula is C19H23N3. The van der Waals surface area contributed by atoms with Crippen LogP contribution in [0, 0.1) is 0 Å². The average Bonchev–Trinajstić information content (AvgIpc) is 2.55. The first-order valence-corrected chi connectivity index (χ1v) is 7.59. The van der Waals surface area contributed by atoms with Crippen LogP contribution in [0.15, 0.2) is 59.7 Å². The first-order chi connectivity index (χ1) is 10.6. The predicted molar refractivity (Wildman–Crippen MR) is 95.3 cm³/mol. The van der Waals surface area contributed by atoms with Gasteiger partial charge in [0.05, 0.1) is 11.4 Å². The second kappa shape index (κ2) is 7.55. The Labute approximate surface area is 132 Å². The fourth-order valence-electron chi connectivity index (χ4n) is 2.12. The van der Waals surface area contributed by atoms with Crippen molar-refractivity contribution in [3.63, 3.8) is 0 Å². The lowest BCUT2D eigenvalue weighted by Gasteiger charge is -2.06. The number of rotatable bonds is 5. The number of aliphatic imine (C=N–C) groups is 1. The van der Waals surface area contributed by atoms with Crippen molar-refractivity contribution in [1.82, 2.24) is 4.98 Å². The van der Waals surface area contributed by atoms with Crippen molar-refractivity contribution in [3.05, 3.63) is 65.9 Å². The summed E-state index contributed by atoms with van der Waals surface area (Å²) in [6.45, 7) is 6.38. The molecule has 0 spiro atoms. The van der Waals surface area contributed by atoms with Crippen molar-refractivity contribution in [2.75, 3.05) is 12.4 Å². The zero-order chi connectivity index (χ0) is 15.9. The van der Waals surface area contributed by atoms with Gasteiger partial charge in [0.2, 0.25) is 0 Å². The molecule has 2 aromatic rings. The minimum absolute atomic E-state index is 0.534. The fraction of sp³-hybridized carbons (Fsp3) is 0.263. The molecule has 0 saturated carbocycles. The van der Waals surface area contributed by atoms with Crippen LogP contribution in [-0.2, 0) is 0 Å². The van der Waals surface area contributed by atoms with Crippen LogP contribution in [0.4, 0.5) is 11.5 Å². The van der Waals surface area contributed by atoms with Gasteiger partial charge in [-0.1, -0.05) is 32.1 Å². The molecule has 1 aromatic heterocycles. The molecule has 0 saturated heterocycles. The molecule has 0 bridgehead atoms. The minimum atomic E-state index is 0.534. The third-order valence-electron chi connectivity index (χ3n) is 3.45. The second-order valence-corrected chi connectivity index (χ2v) is 5.43. The van der Waals surface area contributed by atoms with Crippen molar-refractivity contribution in [2.45, 2.75) is 26.7 Å². The molecule has 1 heterocycles. The van der Waals surface area contributed by atoms with Crippen molar-refractivity contribution >= 4 is 17.2 Å². The number of nitrogens with one attached hydrogen (secondary N) is 1. The summed E-state index contributed by atoms with van der Waals surface area (Å²) in [6, 6.07) is 12.4. The van der Waals surface area contributed by atoms with E-state index in [9.17, 15) is 0 Å². The van der Waals surface area contributed by atoms with Gasteiger partial charge >= 0.3 is 0 Å². The van der Waals surface area contributed by atoms with Gasteiger partial charge in [-0.25, -0.2) is 9.98 Å². The van der Waals surface area contributed by atoms with Crippen molar-refractivity contribution < 1.29 is 0 Å². The van der Waals surface area contributed by atoms with Crippen molar-refractivity contribution in [1.29, 1.82) is 0 Å². The maximum absolute atomic E-state index is 4.74. The monoisotopic (exact) mass is 293 g/mol. The Balaban J connectivity index is 2.33. The number of allylic oxidation sites excluding steroid dienone is 2. The van der Waals surface area contributed by atoms with Crippen LogP contribution in [0.2, 0.25) is 0 Å². The largest absolute Gasteiger partial charge is 0.373 e. The number of hydrogen-bond acceptors (Lipinski definition) is 3. The molecule has 3 heteroatoms. The van der Waals surface area contributed by atoms with E-state index in [-0.39, 0.29) is 0 Å². The van der Waals surface area contributed by atoms with Crippen LogP contribution in [0.25, 0.3) is 0 Å². The summed E-state index contributed by atoms with van der Waals surface area (Å²) in [6.07, 6.45) is 5.84. The highest BCUT2D eigenvalue weighted by atomic mass is 14.9. The summed E-state index contributed by atoms with van der Waals surface area (Å²) < 4.78 is 0. The molecule has 114 valence electrons. The SMILES string of the molecule is C/C=C\C(=Nc1ccc(C(C)C)cc1)c1ccc(NC)nc1. The number of aromatic nitrogens is 1. The lowest BCUT2D eigenvalue weighted by atomic mass is 10.0. The first-order valence-electron chi connectivity index (χ1n) is 7.59. The standard InChI is InChI=1S/C19H23N3/c1-5-6-18(16-9-12-19(20-4)21-13-16)22-17-10-7-15(8-11-17)14(2)3/h5-14H,1-4H3,(H,20,21)/b6-5-,22-18?.